The maximum Gasteiger partial charge on any atom is 0.211 e. The first kappa shape index (κ1) is 11.8. The van der Waals surface area contributed by atoms with Crippen LogP contribution in [0.2, 0.25) is 0 Å². The molecule has 5 heteroatoms. The summed E-state index contributed by atoms with van der Waals surface area (Å²) in [7, 11) is 0. The molecule has 0 bridgehead atoms. The monoisotopic (exact) mass is 218 g/mol. The molecule has 0 aliphatic rings. The number of hydrogen-bond donors (Lipinski definition) is 3. The molecule has 0 aromatic heterocycles. The molecule has 1 rings (SSSR count). The highest BCUT2D eigenvalue weighted by molar-refractivity contribution is 5.96. The van der Waals surface area contributed by atoms with E-state index in [1.54, 1.807) is 37.3 Å². The number of guanidine groups is 1. The van der Waals surface area contributed by atoms with Gasteiger partial charge in [0.15, 0.2) is 0 Å². The van der Waals surface area contributed by atoms with Gasteiger partial charge in [-0.3, -0.25) is 0 Å². The van der Waals surface area contributed by atoms with Crippen LogP contribution in [0.4, 0.5) is 0 Å². The lowest BCUT2D eigenvalue weighted by Crippen LogP contribution is -2.21. The molecule has 0 saturated heterocycles. The van der Waals surface area contributed by atoms with E-state index in [0.29, 0.717) is 11.3 Å². The van der Waals surface area contributed by atoms with Crippen LogP contribution in [0.15, 0.2) is 40.5 Å². The number of rotatable bonds is 3. The van der Waals surface area contributed by atoms with Gasteiger partial charge in [0.25, 0.3) is 0 Å². The van der Waals surface area contributed by atoms with Crippen molar-refractivity contribution < 1.29 is 5.11 Å². The van der Waals surface area contributed by atoms with Gasteiger partial charge < -0.3 is 16.6 Å². The Morgan fingerprint density at radius 1 is 1.25 bits per heavy atom. The Morgan fingerprint density at radius 2 is 1.94 bits per heavy atom. The van der Waals surface area contributed by atoms with Gasteiger partial charge in [0.05, 0.1) is 5.71 Å². The van der Waals surface area contributed by atoms with E-state index in [4.69, 9.17) is 11.5 Å². The molecule has 0 atom stereocenters. The predicted molar refractivity (Wildman–Crippen MR) is 66.1 cm³/mol. The largest absolute Gasteiger partial charge is 0.507 e. The van der Waals surface area contributed by atoms with Crippen molar-refractivity contribution in [3.05, 3.63) is 35.9 Å². The maximum absolute atomic E-state index is 9.48. The minimum absolute atomic E-state index is 0.0877. The van der Waals surface area contributed by atoms with Crippen molar-refractivity contribution in [1.82, 2.24) is 0 Å². The zero-order chi connectivity index (χ0) is 12.0. The van der Waals surface area contributed by atoms with Crippen LogP contribution < -0.4 is 11.5 Å². The number of benzene rings is 1. The Hall–Kier alpha value is -2.30. The van der Waals surface area contributed by atoms with Crippen LogP contribution in [0.25, 0.3) is 6.08 Å². The van der Waals surface area contributed by atoms with Gasteiger partial charge in [0.2, 0.25) is 5.96 Å². The van der Waals surface area contributed by atoms with Crippen molar-refractivity contribution in [1.29, 1.82) is 0 Å². The lowest BCUT2D eigenvalue weighted by molar-refractivity contribution is 0.474. The summed E-state index contributed by atoms with van der Waals surface area (Å²) in [5.74, 6) is 0.128. The average Bonchev–Trinajstić information content (AvgIpc) is 2.25. The van der Waals surface area contributed by atoms with Gasteiger partial charge in [-0.15, -0.1) is 5.10 Å². The van der Waals surface area contributed by atoms with Gasteiger partial charge in [-0.05, 0) is 25.1 Å². The van der Waals surface area contributed by atoms with Crippen LogP contribution in [-0.4, -0.2) is 16.8 Å². The number of nitrogens with zero attached hydrogens (tertiary/aromatic N) is 2. The first-order valence-corrected chi connectivity index (χ1v) is 4.69. The van der Waals surface area contributed by atoms with Crippen molar-refractivity contribution in [3.8, 4) is 5.75 Å². The predicted octanol–water partition coefficient (Wildman–Crippen LogP) is 1.05. The summed E-state index contributed by atoms with van der Waals surface area (Å²) in [5.41, 5.74) is 11.6. The first-order valence-electron chi connectivity index (χ1n) is 4.69. The first-order chi connectivity index (χ1) is 7.59. The number of aromatic hydroxyl groups is 1. The maximum atomic E-state index is 9.48. The minimum Gasteiger partial charge on any atom is -0.507 e. The average molecular weight is 218 g/mol. The van der Waals surface area contributed by atoms with Crippen molar-refractivity contribution in [2.24, 2.45) is 21.7 Å². The molecular formula is C11H14N4O. The van der Waals surface area contributed by atoms with Gasteiger partial charge >= 0.3 is 0 Å². The quantitative estimate of drug-likeness (QED) is 0.402. The van der Waals surface area contributed by atoms with Gasteiger partial charge in [-0.2, -0.15) is 5.10 Å². The minimum atomic E-state index is -0.0877. The molecule has 0 saturated carbocycles. The molecule has 0 fully saturated rings. The fourth-order valence-electron chi connectivity index (χ4n) is 1.01. The third kappa shape index (κ3) is 3.83. The highest BCUT2D eigenvalue weighted by Crippen LogP contribution is 2.16. The summed E-state index contributed by atoms with van der Waals surface area (Å²) in [4.78, 5) is 0. The summed E-state index contributed by atoms with van der Waals surface area (Å²) in [6, 6.07) is 7.00. The van der Waals surface area contributed by atoms with E-state index >= 15 is 0 Å². The van der Waals surface area contributed by atoms with Gasteiger partial charge in [-0.1, -0.05) is 18.2 Å². The summed E-state index contributed by atoms with van der Waals surface area (Å²) in [6.45, 7) is 1.75. The lowest BCUT2D eigenvalue weighted by atomic mass is 10.2. The van der Waals surface area contributed by atoms with Crippen LogP contribution in [0.1, 0.15) is 12.5 Å². The molecule has 1 aromatic rings. The normalized spacial score (nSPS) is 11.7. The summed E-state index contributed by atoms with van der Waals surface area (Å²) < 4.78 is 0. The third-order valence-electron chi connectivity index (χ3n) is 1.76. The molecule has 0 unspecified atom stereocenters. The van der Waals surface area contributed by atoms with Crippen molar-refractivity contribution in [2.45, 2.75) is 6.92 Å². The van der Waals surface area contributed by atoms with Gasteiger partial charge in [-0.25, -0.2) is 0 Å². The Kier molecular flexibility index (Phi) is 4.08. The molecule has 5 nitrogen and oxygen atoms in total. The Balaban J connectivity index is 2.78. The Bertz CT molecular complexity index is 445. The Morgan fingerprint density at radius 3 is 2.56 bits per heavy atom. The second-order valence-corrected chi connectivity index (χ2v) is 3.16. The van der Waals surface area contributed by atoms with E-state index in [2.05, 4.69) is 10.2 Å². The summed E-state index contributed by atoms with van der Waals surface area (Å²) >= 11 is 0. The molecule has 0 radical (unpaired) electrons. The lowest BCUT2D eigenvalue weighted by Gasteiger charge is -1.96. The summed E-state index contributed by atoms with van der Waals surface area (Å²) in [6.07, 6.45) is 3.44. The van der Waals surface area contributed by atoms with Crippen LogP contribution in [0, 0.1) is 0 Å². The molecule has 0 aliphatic carbocycles. The molecule has 0 amide bonds. The number of allylic oxidation sites excluding steroid dienone is 1. The third-order valence-corrected chi connectivity index (χ3v) is 1.76. The number of hydrogen-bond acceptors (Lipinski definition) is 3. The van der Waals surface area contributed by atoms with Crippen molar-refractivity contribution >= 4 is 17.7 Å². The van der Waals surface area contributed by atoms with E-state index < -0.39 is 0 Å². The summed E-state index contributed by atoms with van der Waals surface area (Å²) in [5, 5.41) is 16.7. The van der Waals surface area contributed by atoms with Gasteiger partial charge in [0.1, 0.15) is 5.75 Å². The molecule has 1 aromatic carbocycles. The zero-order valence-corrected chi connectivity index (χ0v) is 8.96. The van der Waals surface area contributed by atoms with E-state index in [1.165, 1.54) is 0 Å². The second-order valence-electron chi connectivity index (χ2n) is 3.16. The van der Waals surface area contributed by atoms with Crippen molar-refractivity contribution in [3.63, 3.8) is 0 Å². The molecule has 16 heavy (non-hydrogen) atoms. The van der Waals surface area contributed by atoms with Crippen LogP contribution in [0.5, 0.6) is 5.75 Å². The van der Waals surface area contributed by atoms with E-state index in [1.807, 2.05) is 6.07 Å². The highest BCUT2D eigenvalue weighted by Gasteiger charge is 1.93. The van der Waals surface area contributed by atoms with Gasteiger partial charge in [0, 0.05) is 5.56 Å². The smallest absolute Gasteiger partial charge is 0.211 e. The molecular weight excluding hydrogens is 204 g/mol. The molecule has 0 heterocycles. The number of nitrogens with two attached hydrogens (primary N) is 2. The van der Waals surface area contributed by atoms with Crippen LogP contribution in [-0.2, 0) is 0 Å². The number of phenols is 1. The fraction of sp³-hybridized carbons (Fsp3) is 0.0909. The van der Waals surface area contributed by atoms with Crippen LogP contribution >= 0.6 is 0 Å². The van der Waals surface area contributed by atoms with E-state index in [9.17, 15) is 5.11 Å². The second kappa shape index (κ2) is 5.55. The van der Waals surface area contributed by atoms with E-state index in [-0.39, 0.29) is 11.7 Å². The zero-order valence-electron chi connectivity index (χ0n) is 8.96. The Labute approximate surface area is 93.8 Å². The number of para-hydroxylation sites is 1. The van der Waals surface area contributed by atoms with E-state index in [0.717, 1.165) is 0 Å². The molecule has 84 valence electrons. The topological polar surface area (TPSA) is 97.0 Å². The molecule has 0 aliphatic heterocycles. The molecule has 0 spiro atoms. The number of phenolic OH excluding ortho intramolecular Hbond substituents is 1. The SMILES string of the molecule is CC(C=Cc1ccccc1O)=NN=C(N)N. The molecule has 5 N–H and O–H groups in total. The standard InChI is InChI=1S/C11H14N4O/c1-8(14-15-11(12)13)6-7-9-4-2-3-5-10(9)16/h2-7,16H,1H3,(H4,12,13,15). The van der Waals surface area contributed by atoms with Crippen molar-refractivity contribution in [2.75, 3.05) is 0 Å². The highest BCUT2D eigenvalue weighted by atomic mass is 16.3. The fourth-order valence-corrected chi connectivity index (χ4v) is 1.01. The van der Waals surface area contributed by atoms with Crippen LogP contribution in [0.3, 0.4) is 0 Å².